The summed E-state index contributed by atoms with van der Waals surface area (Å²) < 4.78 is 5.46. The van der Waals surface area contributed by atoms with Gasteiger partial charge >= 0.3 is 0 Å². The molecule has 1 aliphatic rings. The van der Waals surface area contributed by atoms with Crippen molar-refractivity contribution in [3.05, 3.63) is 29.8 Å². The maximum absolute atomic E-state index is 11.8. The minimum atomic E-state index is 0.0449. The zero-order valence-electron chi connectivity index (χ0n) is 11.8. The van der Waals surface area contributed by atoms with Crippen LogP contribution in [-0.4, -0.2) is 18.6 Å². The average molecular weight is 261 g/mol. The first-order chi connectivity index (χ1) is 9.13. The largest absolute Gasteiger partial charge is 0.378 e. The van der Waals surface area contributed by atoms with E-state index in [4.69, 9.17) is 4.74 Å². The van der Waals surface area contributed by atoms with Gasteiger partial charge in [-0.1, -0.05) is 26.0 Å². The molecular formula is C16H23NO2. The van der Waals surface area contributed by atoms with Crippen LogP contribution in [0.3, 0.4) is 0 Å². The van der Waals surface area contributed by atoms with Crippen LogP contribution in [0.25, 0.3) is 0 Å². The minimum absolute atomic E-state index is 0.0449. The molecule has 2 rings (SSSR count). The van der Waals surface area contributed by atoms with Crippen molar-refractivity contribution in [1.82, 2.24) is 0 Å². The van der Waals surface area contributed by atoms with Gasteiger partial charge in [-0.3, -0.25) is 4.79 Å². The molecule has 1 unspecified atom stereocenters. The number of benzene rings is 1. The number of ether oxygens (including phenoxy) is 1. The fourth-order valence-electron chi connectivity index (χ4n) is 2.42. The second-order valence-corrected chi connectivity index (χ2v) is 5.68. The number of hydrogen-bond donors (Lipinski definition) is 1. The lowest BCUT2D eigenvalue weighted by Crippen LogP contribution is -2.19. The van der Waals surface area contributed by atoms with Crippen LogP contribution in [0.5, 0.6) is 0 Å². The van der Waals surface area contributed by atoms with Gasteiger partial charge in [0.2, 0.25) is 5.91 Å². The van der Waals surface area contributed by atoms with Crippen molar-refractivity contribution in [2.75, 3.05) is 11.9 Å². The summed E-state index contributed by atoms with van der Waals surface area (Å²) in [7, 11) is 0. The monoisotopic (exact) mass is 261 g/mol. The number of rotatable bonds is 5. The van der Waals surface area contributed by atoms with E-state index < -0.39 is 0 Å². The summed E-state index contributed by atoms with van der Waals surface area (Å²) in [5, 5.41) is 2.93. The molecule has 1 N–H and O–H groups in total. The molecule has 19 heavy (non-hydrogen) atoms. The van der Waals surface area contributed by atoms with E-state index >= 15 is 0 Å². The van der Waals surface area contributed by atoms with Crippen molar-refractivity contribution in [1.29, 1.82) is 0 Å². The lowest BCUT2D eigenvalue weighted by atomic mass is 10.0. The third-order valence-corrected chi connectivity index (χ3v) is 3.32. The Balaban J connectivity index is 1.82. The molecule has 1 aliphatic heterocycles. The lowest BCUT2D eigenvalue weighted by molar-refractivity contribution is -0.118. The van der Waals surface area contributed by atoms with Gasteiger partial charge in [0.05, 0.1) is 12.5 Å². The van der Waals surface area contributed by atoms with Gasteiger partial charge < -0.3 is 10.1 Å². The molecule has 1 saturated heterocycles. The maximum atomic E-state index is 11.8. The van der Waals surface area contributed by atoms with E-state index in [1.807, 2.05) is 12.1 Å². The molecule has 0 spiro atoms. The van der Waals surface area contributed by atoms with Crippen LogP contribution in [0, 0.1) is 5.92 Å². The molecule has 104 valence electrons. The Labute approximate surface area is 115 Å². The minimum Gasteiger partial charge on any atom is -0.378 e. The Morgan fingerprint density at radius 2 is 2.11 bits per heavy atom. The summed E-state index contributed by atoms with van der Waals surface area (Å²) in [5.41, 5.74) is 2.18. The van der Waals surface area contributed by atoms with Crippen LogP contribution >= 0.6 is 0 Å². The van der Waals surface area contributed by atoms with Crippen LogP contribution in [0.4, 0.5) is 5.69 Å². The van der Waals surface area contributed by atoms with Gasteiger partial charge in [0.15, 0.2) is 0 Å². The summed E-state index contributed by atoms with van der Waals surface area (Å²) >= 11 is 0. The Morgan fingerprint density at radius 3 is 2.68 bits per heavy atom. The van der Waals surface area contributed by atoms with E-state index in [0.29, 0.717) is 12.3 Å². The van der Waals surface area contributed by atoms with Crippen LogP contribution in [-0.2, 0) is 16.0 Å². The topological polar surface area (TPSA) is 38.3 Å². The summed E-state index contributed by atoms with van der Waals surface area (Å²) in [5.74, 6) is 0.698. The van der Waals surface area contributed by atoms with E-state index in [0.717, 1.165) is 31.6 Å². The number of nitrogens with one attached hydrogen (secondary N) is 1. The predicted molar refractivity (Wildman–Crippen MR) is 77.2 cm³/mol. The molecule has 0 saturated carbocycles. The van der Waals surface area contributed by atoms with Crippen LogP contribution in [0.15, 0.2) is 24.3 Å². The maximum Gasteiger partial charge on any atom is 0.226 e. The summed E-state index contributed by atoms with van der Waals surface area (Å²) in [4.78, 5) is 11.8. The second-order valence-electron chi connectivity index (χ2n) is 5.68. The van der Waals surface area contributed by atoms with E-state index in [-0.39, 0.29) is 12.0 Å². The normalized spacial score (nSPS) is 18.8. The van der Waals surface area contributed by atoms with Gasteiger partial charge in [0.1, 0.15) is 0 Å². The van der Waals surface area contributed by atoms with Crippen molar-refractivity contribution in [2.24, 2.45) is 5.92 Å². The molecule has 1 amide bonds. The van der Waals surface area contributed by atoms with Crippen LogP contribution < -0.4 is 5.32 Å². The van der Waals surface area contributed by atoms with Gasteiger partial charge in [-0.25, -0.2) is 0 Å². The zero-order valence-corrected chi connectivity index (χ0v) is 11.8. The van der Waals surface area contributed by atoms with Crippen molar-refractivity contribution in [3.63, 3.8) is 0 Å². The highest BCUT2D eigenvalue weighted by Crippen LogP contribution is 2.17. The summed E-state index contributed by atoms with van der Waals surface area (Å²) in [6.07, 6.45) is 3.72. The summed E-state index contributed by atoms with van der Waals surface area (Å²) in [6, 6.07) is 8.12. The third-order valence-electron chi connectivity index (χ3n) is 3.32. The molecule has 1 atom stereocenters. The van der Waals surface area contributed by atoms with Crippen molar-refractivity contribution >= 4 is 11.6 Å². The first-order valence-electron chi connectivity index (χ1n) is 7.14. The molecule has 0 aliphatic carbocycles. The highest BCUT2D eigenvalue weighted by Gasteiger charge is 2.18. The standard InChI is InChI=1S/C16H23NO2/c1-12(2)10-13-5-7-14(8-6-13)17-16(18)11-15-4-3-9-19-15/h5-8,12,15H,3-4,9-11H2,1-2H3,(H,17,18). The predicted octanol–water partition coefficient (Wildman–Crippen LogP) is 3.39. The quantitative estimate of drug-likeness (QED) is 0.882. The second kappa shape index (κ2) is 6.71. The SMILES string of the molecule is CC(C)Cc1ccc(NC(=O)CC2CCCO2)cc1. The fraction of sp³-hybridized carbons (Fsp3) is 0.562. The van der Waals surface area contributed by atoms with E-state index in [9.17, 15) is 4.79 Å². The number of carbonyl (C=O) groups is 1. The first-order valence-corrected chi connectivity index (χ1v) is 7.14. The van der Waals surface area contributed by atoms with Gasteiger partial charge in [0.25, 0.3) is 0 Å². The Hall–Kier alpha value is -1.35. The zero-order chi connectivity index (χ0) is 13.7. The number of anilines is 1. The number of hydrogen-bond acceptors (Lipinski definition) is 2. The number of carbonyl (C=O) groups excluding carboxylic acids is 1. The van der Waals surface area contributed by atoms with Gasteiger partial charge in [-0.15, -0.1) is 0 Å². The molecule has 1 aromatic carbocycles. The molecule has 3 nitrogen and oxygen atoms in total. The molecule has 1 fully saturated rings. The highest BCUT2D eigenvalue weighted by atomic mass is 16.5. The fourth-order valence-corrected chi connectivity index (χ4v) is 2.42. The highest BCUT2D eigenvalue weighted by molar-refractivity contribution is 5.91. The van der Waals surface area contributed by atoms with Gasteiger partial charge in [0, 0.05) is 12.3 Å². The smallest absolute Gasteiger partial charge is 0.226 e. The summed E-state index contributed by atoms with van der Waals surface area (Å²) in [6.45, 7) is 5.20. The van der Waals surface area contributed by atoms with E-state index in [1.54, 1.807) is 0 Å². The van der Waals surface area contributed by atoms with Crippen LogP contribution in [0.1, 0.15) is 38.7 Å². The molecule has 0 aromatic heterocycles. The Kier molecular flexibility index (Phi) is 4.97. The van der Waals surface area contributed by atoms with E-state index in [2.05, 4.69) is 31.3 Å². The first kappa shape index (κ1) is 14.1. The van der Waals surface area contributed by atoms with Crippen molar-refractivity contribution < 1.29 is 9.53 Å². The van der Waals surface area contributed by atoms with Crippen molar-refractivity contribution in [2.45, 2.75) is 45.6 Å². The Bertz CT molecular complexity index is 405. The molecule has 1 heterocycles. The lowest BCUT2D eigenvalue weighted by Gasteiger charge is -2.10. The van der Waals surface area contributed by atoms with Gasteiger partial charge in [-0.2, -0.15) is 0 Å². The molecule has 0 radical (unpaired) electrons. The molecular weight excluding hydrogens is 238 g/mol. The molecule has 3 heteroatoms. The van der Waals surface area contributed by atoms with Gasteiger partial charge in [-0.05, 0) is 42.9 Å². The molecule has 0 bridgehead atoms. The van der Waals surface area contributed by atoms with Crippen LogP contribution in [0.2, 0.25) is 0 Å². The third kappa shape index (κ3) is 4.67. The van der Waals surface area contributed by atoms with Crippen molar-refractivity contribution in [3.8, 4) is 0 Å². The Morgan fingerprint density at radius 1 is 1.37 bits per heavy atom. The average Bonchev–Trinajstić information content (AvgIpc) is 2.83. The van der Waals surface area contributed by atoms with E-state index in [1.165, 1.54) is 5.56 Å². The molecule has 1 aromatic rings. The number of amides is 1.